The van der Waals surface area contributed by atoms with Crippen LogP contribution in [0.3, 0.4) is 0 Å². The number of nitrogens with one attached hydrogen (secondary N) is 1. The van der Waals surface area contributed by atoms with Gasteiger partial charge in [0.15, 0.2) is 12.4 Å². The van der Waals surface area contributed by atoms with Crippen LogP contribution in [0.1, 0.15) is 5.56 Å². The van der Waals surface area contributed by atoms with Crippen molar-refractivity contribution in [3.63, 3.8) is 0 Å². The van der Waals surface area contributed by atoms with Gasteiger partial charge in [-0.2, -0.15) is 4.98 Å². The molecule has 140 valence electrons. The van der Waals surface area contributed by atoms with Gasteiger partial charge in [-0.25, -0.2) is 0 Å². The van der Waals surface area contributed by atoms with Crippen molar-refractivity contribution in [1.29, 1.82) is 0 Å². The Morgan fingerprint density at radius 2 is 1.82 bits per heavy atom. The van der Waals surface area contributed by atoms with Gasteiger partial charge >= 0.3 is 0 Å². The van der Waals surface area contributed by atoms with E-state index in [4.69, 9.17) is 13.7 Å². The van der Waals surface area contributed by atoms with Crippen molar-refractivity contribution in [1.82, 2.24) is 15.5 Å². The third-order valence-corrected chi connectivity index (χ3v) is 3.98. The highest BCUT2D eigenvalue weighted by atomic mass is 16.5. The Bertz CT molecular complexity index is 1040. The third-order valence-electron chi connectivity index (χ3n) is 3.98. The molecule has 0 unspecified atom stereocenters. The highest BCUT2D eigenvalue weighted by molar-refractivity contribution is 5.78. The number of rotatable bonds is 7. The van der Waals surface area contributed by atoms with E-state index in [1.165, 1.54) is 6.26 Å². The summed E-state index contributed by atoms with van der Waals surface area (Å²) in [7, 11) is 0. The lowest BCUT2D eigenvalue weighted by atomic mass is 10.2. The van der Waals surface area contributed by atoms with E-state index in [2.05, 4.69) is 15.5 Å². The molecule has 0 fully saturated rings. The van der Waals surface area contributed by atoms with Crippen LogP contribution in [-0.4, -0.2) is 22.7 Å². The Morgan fingerprint density at radius 3 is 2.64 bits per heavy atom. The lowest BCUT2D eigenvalue weighted by Gasteiger charge is -2.10. The van der Waals surface area contributed by atoms with Crippen LogP contribution >= 0.6 is 0 Å². The highest BCUT2D eigenvalue weighted by Crippen LogP contribution is 2.29. The molecule has 0 aliphatic rings. The number of aromatic nitrogens is 2. The molecule has 0 bridgehead atoms. The highest BCUT2D eigenvalue weighted by Gasteiger charge is 2.16. The average Bonchev–Trinajstić information content (AvgIpc) is 3.43. The molecule has 28 heavy (non-hydrogen) atoms. The summed E-state index contributed by atoms with van der Waals surface area (Å²) in [6.45, 7) is 0.328. The number of carbonyl (C=O) groups is 1. The topological polar surface area (TPSA) is 90.4 Å². The number of benzene rings is 2. The first-order chi connectivity index (χ1) is 13.8. The van der Waals surface area contributed by atoms with Crippen molar-refractivity contribution in [2.24, 2.45) is 0 Å². The number of para-hydroxylation sites is 1. The fourth-order valence-corrected chi connectivity index (χ4v) is 2.60. The van der Waals surface area contributed by atoms with Crippen LogP contribution in [0, 0.1) is 0 Å². The molecule has 2 heterocycles. The number of hydrogen-bond acceptors (Lipinski definition) is 6. The van der Waals surface area contributed by atoms with Crippen LogP contribution in [0.15, 0.2) is 81.9 Å². The van der Waals surface area contributed by atoms with Gasteiger partial charge in [0.25, 0.3) is 11.8 Å². The lowest BCUT2D eigenvalue weighted by Crippen LogP contribution is -2.28. The first-order valence-electron chi connectivity index (χ1n) is 8.70. The zero-order valence-corrected chi connectivity index (χ0v) is 14.9. The maximum Gasteiger partial charge on any atom is 0.293 e. The van der Waals surface area contributed by atoms with Crippen molar-refractivity contribution < 1.29 is 18.5 Å². The van der Waals surface area contributed by atoms with E-state index in [0.717, 1.165) is 5.56 Å². The van der Waals surface area contributed by atoms with Gasteiger partial charge in [-0.15, -0.1) is 0 Å². The fraction of sp³-hybridized carbons (Fsp3) is 0.0952. The molecule has 1 amide bonds. The summed E-state index contributed by atoms with van der Waals surface area (Å²) in [4.78, 5) is 16.4. The molecule has 4 aromatic rings. The standard InChI is InChI=1S/C21H17N3O4/c25-19(22-13-15-7-2-1-3-8-15)14-27-17-10-5-4-9-16(17)20-23-21(28-24-20)18-11-6-12-26-18/h1-12H,13-14H2,(H,22,25). The first-order valence-corrected chi connectivity index (χ1v) is 8.70. The van der Waals surface area contributed by atoms with Crippen LogP contribution in [-0.2, 0) is 11.3 Å². The molecule has 1 N–H and O–H groups in total. The number of amides is 1. The van der Waals surface area contributed by atoms with Gasteiger partial charge in [-0.1, -0.05) is 47.6 Å². The minimum atomic E-state index is -0.219. The Hall–Kier alpha value is -3.87. The molecular formula is C21H17N3O4. The summed E-state index contributed by atoms with van der Waals surface area (Å²) in [5, 5.41) is 6.80. The molecule has 0 radical (unpaired) electrons. The predicted octanol–water partition coefficient (Wildman–Crippen LogP) is 3.69. The molecule has 0 aliphatic heterocycles. The summed E-state index contributed by atoms with van der Waals surface area (Å²) in [6.07, 6.45) is 1.53. The zero-order chi connectivity index (χ0) is 19.2. The monoisotopic (exact) mass is 375 g/mol. The van der Waals surface area contributed by atoms with E-state index in [1.54, 1.807) is 24.3 Å². The van der Waals surface area contributed by atoms with Gasteiger partial charge in [0.2, 0.25) is 5.82 Å². The summed E-state index contributed by atoms with van der Waals surface area (Å²) in [6, 6.07) is 20.4. The van der Waals surface area contributed by atoms with E-state index in [9.17, 15) is 4.79 Å². The van der Waals surface area contributed by atoms with Crippen LogP contribution < -0.4 is 10.1 Å². The van der Waals surface area contributed by atoms with Crippen LogP contribution in [0.2, 0.25) is 0 Å². The van der Waals surface area contributed by atoms with Crippen molar-refractivity contribution in [2.75, 3.05) is 6.61 Å². The minimum Gasteiger partial charge on any atom is -0.483 e. The average molecular weight is 375 g/mol. The quantitative estimate of drug-likeness (QED) is 0.530. The molecule has 0 atom stereocenters. The smallest absolute Gasteiger partial charge is 0.293 e. The molecule has 7 heteroatoms. The zero-order valence-electron chi connectivity index (χ0n) is 14.9. The number of carbonyl (C=O) groups excluding carboxylic acids is 1. The maximum absolute atomic E-state index is 12.1. The Morgan fingerprint density at radius 1 is 1.00 bits per heavy atom. The van der Waals surface area contributed by atoms with Gasteiger partial charge in [0.05, 0.1) is 11.8 Å². The van der Waals surface area contributed by atoms with Gasteiger partial charge in [0, 0.05) is 6.54 Å². The lowest BCUT2D eigenvalue weighted by molar-refractivity contribution is -0.123. The number of hydrogen-bond donors (Lipinski definition) is 1. The predicted molar refractivity (Wildman–Crippen MR) is 101 cm³/mol. The maximum atomic E-state index is 12.1. The molecule has 0 aliphatic carbocycles. The van der Waals surface area contributed by atoms with Crippen molar-refractivity contribution >= 4 is 5.91 Å². The third kappa shape index (κ3) is 4.09. The van der Waals surface area contributed by atoms with Crippen molar-refractivity contribution in [3.05, 3.63) is 78.6 Å². The van der Waals surface area contributed by atoms with Crippen LogP contribution in [0.25, 0.3) is 23.0 Å². The summed E-state index contributed by atoms with van der Waals surface area (Å²) in [5.41, 5.74) is 1.65. The molecule has 7 nitrogen and oxygen atoms in total. The number of nitrogens with zero attached hydrogens (tertiary/aromatic N) is 2. The van der Waals surface area contributed by atoms with E-state index in [1.807, 2.05) is 42.5 Å². The Labute approximate surface area is 161 Å². The minimum absolute atomic E-state index is 0.118. The normalized spacial score (nSPS) is 10.6. The van der Waals surface area contributed by atoms with Gasteiger partial charge in [0.1, 0.15) is 5.75 Å². The fourth-order valence-electron chi connectivity index (χ4n) is 2.60. The second kappa shape index (κ2) is 8.22. The van der Waals surface area contributed by atoms with E-state index in [-0.39, 0.29) is 18.4 Å². The molecule has 0 saturated heterocycles. The van der Waals surface area contributed by atoms with Gasteiger partial charge < -0.3 is 19.0 Å². The summed E-state index contributed by atoms with van der Waals surface area (Å²) >= 11 is 0. The Balaban J connectivity index is 1.41. The number of ether oxygens (including phenoxy) is 1. The van der Waals surface area contributed by atoms with E-state index >= 15 is 0 Å². The van der Waals surface area contributed by atoms with Gasteiger partial charge in [-0.05, 0) is 29.8 Å². The van der Waals surface area contributed by atoms with E-state index in [0.29, 0.717) is 29.4 Å². The SMILES string of the molecule is O=C(COc1ccccc1-c1noc(-c2ccco2)n1)NCc1ccccc1. The van der Waals surface area contributed by atoms with Crippen LogP contribution in [0.5, 0.6) is 5.75 Å². The van der Waals surface area contributed by atoms with Crippen LogP contribution in [0.4, 0.5) is 0 Å². The molecule has 4 rings (SSSR count). The number of furan rings is 1. The van der Waals surface area contributed by atoms with Crippen molar-refractivity contribution in [2.45, 2.75) is 6.54 Å². The Kier molecular flexibility index (Phi) is 5.15. The molecule has 0 saturated carbocycles. The first kappa shape index (κ1) is 17.5. The second-order valence-electron chi connectivity index (χ2n) is 5.95. The van der Waals surface area contributed by atoms with Gasteiger partial charge in [-0.3, -0.25) is 4.79 Å². The summed E-state index contributed by atoms with van der Waals surface area (Å²) in [5.74, 6) is 1.38. The largest absolute Gasteiger partial charge is 0.483 e. The molecule has 2 aromatic carbocycles. The second-order valence-corrected chi connectivity index (χ2v) is 5.95. The molecular weight excluding hydrogens is 358 g/mol. The molecule has 0 spiro atoms. The summed E-state index contributed by atoms with van der Waals surface area (Å²) < 4.78 is 16.2. The van der Waals surface area contributed by atoms with Crippen molar-refractivity contribution in [3.8, 4) is 28.8 Å². The molecule has 2 aromatic heterocycles. The van der Waals surface area contributed by atoms with E-state index < -0.39 is 0 Å².